The van der Waals surface area contributed by atoms with Crippen molar-refractivity contribution in [1.29, 1.82) is 0 Å². The molecule has 0 spiro atoms. The largest absolute Gasteiger partial charge is 0.495 e. The van der Waals surface area contributed by atoms with Crippen LogP contribution in [0.4, 0.5) is 5.69 Å². The van der Waals surface area contributed by atoms with Gasteiger partial charge in [0, 0.05) is 50.0 Å². The van der Waals surface area contributed by atoms with Gasteiger partial charge in [0.05, 0.1) is 25.8 Å². The molecule has 0 saturated carbocycles. The van der Waals surface area contributed by atoms with Crippen molar-refractivity contribution < 1.29 is 14.3 Å². The van der Waals surface area contributed by atoms with Crippen molar-refractivity contribution in [3.8, 4) is 11.5 Å². The third-order valence-corrected chi connectivity index (χ3v) is 7.72. The number of piperidine rings is 1. The summed E-state index contributed by atoms with van der Waals surface area (Å²) in [5.41, 5.74) is 8.13. The molecule has 2 aliphatic heterocycles. The predicted octanol–water partition coefficient (Wildman–Crippen LogP) is 5.30. The van der Waals surface area contributed by atoms with Crippen LogP contribution in [0.1, 0.15) is 48.4 Å². The van der Waals surface area contributed by atoms with Crippen LogP contribution in [-0.4, -0.2) is 57.9 Å². The Bertz CT molecular complexity index is 970. The van der Waals surface area contributed by atoms with Crippen LogP contribution in [-0.2, 0) is 4.84 Å². The van der Waals surface area contributed by atoms with Crippen LogP contribution in [0, 0.1) is 13.8 Å². The molecule has 0 amide bonds. The van der Waals surface area contributed by atoms with Gasteiger partial charge in [-0.05, 0) is 74.4 Å². The first kappa shape index (κ1) is 25.1. The van der Waals surface area contributed by atoms with Gasteiger partial charge >= 0.3 is 0 Å². The number of hydroxylamine groups is 1. The summed E-state index contributed by atoms with van der Waals surface area (Å²) in [5.74, 6) is 1.74. The van der Waals surface area contributed by atoms with E-state index in [0.717, 1.165) is 44.1 Å². The van der Waals surface area contributed by atoms with Gasteiger partial charge in [-0.25, -0.2) is 5.48 Å². The first-order valence-electron chi connectivity index (χ1n) is 12.4. The maximum Gasteiger partial charge on any atom is 0.139 e. The van der Waals surface area contributed by atoms with Gasteiger partial charge in [0.2, 0.25) is 0 Å². The summed E-state index contributed by atoms with van der Waals surface area (Å²) in [4.78, 5) is 10.1. The third kappa shape index (κ3) is 5.46. The summed E-state index contributed by atoms with van der Waals surface area (Å²) in [6.07, 6.45) is 4.62. The summed E-state index contributed by atoms with van der Waals surface area (Å²) >= 11 is 6.25. The van der Waals surface area contributed by atoms with Gasteiger partial charge in [0.25, 0.3) is 0 Å². The number of fused-ring (bicyclic) bond motifs is 1. The fourth-order valence-corrected chi connectivity index (χ4v) is 5.62. The highest BCUT2D eigenvalue weighted by molar-refractivity contribution is 6.32. The van der Waals surface area contributed by atoms with Crippen molar-refractivity contribution in [2.24, 2.45) is 0 Å². The smallest absolute Gasteiger partial charge is 0.139 e. The number of piperazine rings is 1. The highest BCUT2D eigenvalue weighted by Crippen LogP contribution is 2.40. The van der Waals surface area contributed by atoms with Crippen molar-refractivity contribution in [2.75, 3.05) is 51.9 Å². The fraction of sp³-hybridized carbons (Fsp3) is 0.556. The maximum atomic E-state index is 6.25. The minimum Gasteiger partial charge on any atom is -0.495 e. The lowest BCUT2D eigenvalue weighted by molar-refractivity contribution is 0.0712. The average Bonchev–Trinajstić information content (AvgIpc) is 2.86. The van der Waals surface area contributed by atoms with E-state index >= 15 is 0 Å². The highest BCUT2D eigenvalue weighted by Gasteiger charge is 2.36. The van der Waals surface area contributed by atoms with E-state index in [-0.39, 0.29) is 0 Å². The third-order valence-electron chi connectivity index (χ3n) is 7.41. The molecule has 2 fully saturated rings. The molecule has 2 aromatic rings. The topological polar surface area (TPSA) is 46.2 Å². The molecule has 1 N–H and O–H groups in total. The Morgan fingerprint density at radius 1 is 1.03 bits per heavy atom. The minimum absolute atomic E-state index is 0.472. The summed E-state index contributed by atoms with van der Waals surface area (Å²) in [6, 6.07) is 11.6. The first-order chi connectivity index (χ1) is 16.5. The molecule has 0 aliphatic carbocycles. The zero-order chi connectivity index (χ0) is 24.1. The van der Waals surface area contributed by atoms with Crippen LogP contribution < -0.4 is 19.9 Å². The lowest BCUT2D eigenvalue weighted by atomic mass is 9.86. The second kappa shape index (κ2) is 11.6. The summed E-state index contributed by atoms with van der Waals surface area (Å²) in [7, 11) is 3.31. The summed E-state index contributed by atoms with van der Waals surface area (Å²) < 4.78 is 11.5. The molecule has 6 nitrogen and oxygen atoms in total. The number of rotatable bonds is 9. The van der Waals surface area contributed by atoms with Gasteiger partial charge in [0.15, 0.2) is 0 Å². The Labute approximate surface area is 209 Å². The fourth-order valence-electron chi connectivity index (χ4n) is 5.43. The van der Waals surface area contributed by atoms with E-state index in [4.69, 9.17) is 25.9 Å². The Morgan fingerprint density at radius 3 is 2.68 bits per heavy atom. The minimum atomic E-state index is 0.472. The molecular weight excluding hydrogens is 450 g/mol. The predicted molar refractivity (Wildman–Crippen MR) is 138 cm³/mol. The zero-order valence-corrected chi connectivity index (χ0v) is 21.7. The van der Waals surface area contributed by atoms with E-state index in [1.165, 1.54) is 41.6 Å². The SMILES string of the molecule is CONCCCOc1ccc([C@H]2CCC[C@H]3CN(c4ccc(Cl)c(OC)c4)CCN32)c(C)c1C. The second-order valence-corrected chi connectivity index (χ2v) is 9.71. The van der Waals surface area contributed by atoms with Crippen molar-refractivity contribution in [3.63, 3.8) is 0 Å². The Hall–Kier alpha value is -1.99. The molecule has 2 aliphatic rings. The molecule has 0 bridgehead atoms. The van der Waals surface area contributed by atoms with Crippen molar-refractivity contribution in [1.82, 2.24) is 10.4 Å². The Kier molecular flexibility index (Phi) is 8.59. The molecule has 4 rings (SSSR count). The quantitative estimate of drug-likeness (QED) is 0.382. The Balaban J connectivity index is 1.44. The van der Waals surface area contributed by atoms with Crippen LogP contribution in [0.15, 0.2) is 30.3 Å². The van der Waals surface area contributed by atoms with E-state index < -0.39 is 0 Å². The van der Waals surface area contributed by atoms with Crippen molar-refractivity contribution in [3.05, 3.63) is 52.0 Å². The van der Waals surface area contributed by atoms with Crippen molar-refractivity contribution in [2.45, 2.75) is 51.6 Å². The molecule has 0 radical (unpaired) electrons. The molecule has 2 aromatic carbocycles. The van der Waals surface area contributed by atoms with Crippen LogP contribution >= 0.6 is 11.6 Å². The molecule has 34 heavy (non-hydrogen) atoms. The van der Waals surface area contributed by atoms with E-state index in [1.807, 2.05) is 6.07 Å². The molecular formula is C27H38ClN3O3. The van der Waals surface area contributed by atoms with Gasteiger partial charge in [0.1, 0.15) is 11.5 Å². The molecule has 186 valence electrons. The highest BCUT2D eigenvalue weighted by atomic mass is 35.5. The lowest BCUT2D eigenvalue weighted by Crippen LogP contribution is -2.56. The number of ether oxygens (including phenoxy) is 2. The molecule has 2 heterocycles. The van der Waals surface area contributed by atoms with Crippen LogP contribution in [0.25, 0.3) is 0 Å². The summed E-state index contributed by atoms with van der Waals surface area (Å²) in [6.45, 7) is 9.01. The van der Waals surface area contributed by atoms with E-state index in [1.54, 1.807) is 14.2 Å². The van der Waals surface area contributed by atoms with E-state index in [9.17, 15) is 0 Å². The normalized spacial score (nSPS) is 20.8. The van der Waals surface area contributed by atoms with Gasteiger partial charge in [-0.15, -0.1) is 0 Å². The molecule has 0 unspecified atom stereocenters. The van der Waals surface area contributed by atoms with Crippen LogP contribution in [0.3, 0.4) is 0 Å². The monoisotopic (exact) mass is 487 g/mol. The standard InChI is InChI=1S/C27H38ClN3O3/c1-19-20(2)26(34-16-6-13-29-33-4)12-10-23(19)25-8-5-7-22-18-30(14-15-31(22)25)21-9-11-24(28)27(17-21)32-3/h9-12,17,22,25,29H,5-8,13-16,18H2,1-4H3/t22-,25+/m0/s1. The van der Waals surface area contributed by atoms with E-state index in [2.05, 4.69) is 53.4 Å². The van der Waals surface area contributed by atoms with E-state index in [0.29, 0.717) is 23.7 Å². The average molecular weight is 488 g/mol. The van der Waals surface area contributed by atoms with Gasteiger partial charge in [-0.2, -0.15) is 0 Å². The number of anilines is 1. The van der Waals surface area contributed by atoms with Gasteiger partial charge in [-0.3, -0.25) is 4.90 Å². The second-order valence-electron chi connectivity index (χ2n) is 9.31. The first-order valence-corrected chi connectivity index (χ1v) is 12.7. The number of methoxy groups -OCH3 is 1. The molecule has 2 atom stereocenters. The van der Waals surface area contributed by atoms with Crippen LogP contribution in [0.5, 0.6) is 11.5 Å². The van der Waals surface area contributed by atoms with Gasteiger partial charge < -0.3 is 19.2 Å². The lowest BCUT2D eigenvalue weighted by Gasteiger charge is -2.49. The van der Waals surface area contributed by atoms with Crippen molar-refractivity contribution >= 4 is 17.3 Å². The number of benzene rings is 2. The van der Waals surface area contributed by atoms with Gasteiger partial charge in [-0.1, -0.05) is 17.7 Å². The number of nitrogens with one attached hydrogen (secondary N) is 1. The zero-order valence-electron chi connectivity index (χ0n) is 20.9. The molecule has 0 aromatic heterocycles. The maximum absolute atomic E-state index is 6.25. The Morgan fingerprint density at radius 2 is 1.88 bits per heavy atom. The number of halogens is 1. The summed E-state index contributed by atoms with van der Waals surface area (Å²) in [5, 5.41) is 0.660. The number of nitrogens with zero attached hydrogens (tertiary/aromatic N) is 2. The van der Waals surface area contributed by atoms with Crippen LogP contribution in [0.2, 0.25) is 5.02 Å². The number of hydrogen-bond donors (Lipinski definition) is 1. The molecule has 2 saturated heterocycles. The molecule has 7 heteroatoms. The number of hydrogen-bond acceptors (Lipinski definition) is 6.